The Bertz CT molecular complexity index is 1480. The van der Waals surface area contributed by atoms with Crippen LogP contribution in [-0.4, -0.2) is 62.3 Å². The molecule has 2 aliphatic rings. The molecule has 0 aliphatic carbocycles. The van der Waals surface area contributed by atoms with E-state index in [1.54, 1.807) is 19.1 Å². The molecule has 5 rings (SSSR count). The van der Waals surface area contributed by atoms with Gasteiger partial charge in [-0.1, -0.05) is 30.3 Å². The number of ether oxygens (including phenoxy) is 2. The molecule has 0 spiro atoms. The van der Waals surface area contributed by atoms with Crippen molar-refractivity contribution in [3.05, 3.63) is 76.2 Å². The van der Waals surface area contributed by atoms with Gasteiger partial charge in [0.25, 0.3) is 0 Å². The average Bonchev–Trinajstić information content (AvgIpc) is 3.59. The van der Waals surface area contributed by atoms with E-state index in [0.29, 0.717) is 42.1 Å². The summed E-state index contributed by atoms with van der Waals surface area (Å²) < 4.78 is 38.6. The Balaban J connectivity index is 0.00000387. The quantitative estimate of drug-likeness (QED) is 0.346. The maximum absolute atomic E-state index is 13.6. The number of nitrogens with one attached hydrogen (secondary N) is 1. The van der Waals surface area contributed by atoms with E-state index < -0.39 is 27.9 Å². The molecule has 1 amide bonds. The fourth-order valence-corrected chi connectivity index (χ4v) is 8.25. The summed E-state index contributed by atoms with van der Waals surface area (Å²) in [6, 6.07) is 15.5. The first-order chi connectivity index (χ1) is 19.3. The maximum atomic E-state index is 13.6. The van der Waals surface area contributed by atoms with Gasteiger partial charge in [0.2, 0.25) is 15.9 Å². The van der Waals surface area contributed by atoms with Crippen LogP contribution in [0.3, 0.4) is 0 Å². The molecule has 0 saturated carbocycles. The Morgan fingerprint density at radius 3 is 2.49 bits per heavy atom. The van der Waals surface area contributed by atoms with Gasteiger partial charge in [-0.2, -0.15) is 4.31 Å². The van der Waals surface area contributed by atoms with E-state index in [1.807, 2.05) is 18.2 Å². The third kappa shape index (κ3) is 6.60. The van der Waals surface area contributed by atoms with Crippen LogP contribution in [0, 0.1) is 0 Å². The molecule has 1 N–H and O–H groups in total. The summed E-state index contributed by atoms with van der Waals surface area (Å²) in [4.78, 5) is 30.0. The van der Waals surface area contributed by atoms with E-state index in [-0.39, 0.29) is 30.5 Å². The number of carbonyl (C=O) groups is 2. The smallest absolute Gasteiger partial charge is 0.341 e. The van der Waals surface area contributed by atoms with Crippen molar-refractivity contribution in [2.45, 2.75) is 50.2 Å². The summed E-state index contributed by atoms with van der Waals surface area (Å²) in [6.07, 6.45) is 1.61. The van der Waals surface area contributed by atoms with Crippen LogP contribution in [0.4, 0.5) is 5.00 Å². The first kappa shape index (κ1) is 31.0. The van der Waals surface area contributed by atoms with Gasteiger partial charge in [0.05, 0.1) is 24.2 Å². The number of methoxy groups -OCH3 is 1. The Hall–Kier alpha value is -2.96. The first-order valence-corrected chi connectivity index (χ1v) is 15.6. The van der Waals surface area contributed by atoms with Crippen LogP contribution < -0.4 is 10.1 Å². The molecular formula is C29H34ClN3O6S2. The zero-order valence-electron chi connectivity index (χ0n) is 23.0. The second-order valence-corrected chi connectivity index (χ2v) is 12.8. The van der Waals surface area contributed by atoms with Crippen molar-refractivity contribution in [1.29, 1.82) is 0 Å². The van der Waals surface area contributed by atoms with Gasteiger partial charge in [-0.3, -0.25) is 9.69 Å². The van der Waals surface area contributed by atoms with Crippen molar-refractivity contribution in [1.82, 2.24) is 9.21 Å². The highest BCUT2D eigenvalue weighted by atomic mass is 35.5. The molecule has 1 aromatic heterocycles. The Labute approximate surface area is 250 Å². The highest BCUT2D eigenvalue weighted by Crippen LogP contribution is 2.39. The molecule has 41 heavy (non-hydrogen) atoms. The van der Waals surface area contributed by atoms with Crippen molar-refractivity contribution in [2.24, 2.45) is 0 Å². The molecule has 1 fully saturated rings. The summed E-state index contributed by atoms with van der Waals surface area (Å²) in [5.74, 6) is -0.369. The van der Waals surface area contributed by atoms with Gasteiger partial charge < -0.3 is 14.8 Å². The average molecular weight is 620 g/mol. The van der Waals surface area contributed by atoms with E-state index in [0.717, 1.165) is 23.5 Å². The lowest BCUT2D eigenvalue weighted by Crippen LogP contribution is -2.43. The molecule has 9 nitrogen and oxygen atoms in total. The fourth-order valence-electron chi connectivity index (χ4n) is 5.31. The number of rotatable bonds is 9. The summed E-state index contributed by atoms with van der Waals surface area (Å²) >= 11 is 1.37. The molecule has 220 valence electrons. The molecule has 2 aliphatic heterocycles. The highest BCUT2D eigenvalue weighted by molar-refractivity contribution is 7.89. The number of esters is 1. The third-order valence-electron chi connectivity index (χ3n) is 7.27. The second-order valence-electron chi connectivity index (χ2n) is 9.81. The maximum Gasteiger partial charge on any atom is 0.341 e. The Kier molecular flexibility index (Phi) is 10.1. The fraction of sp³-hybridized carbons (Fsp3) is 0.379. The Morgan fingerprint density at radius 1 is 1.07 bits per heavy atom. The lowest BCUT2D eigenvalue weighted by molar-refractivity contribution is -0.119. The number of anilines is 1. The predicted molar refractivity (Wildman–Crippen MR) is 160 cm³/mol. The number of thiophene rings is 1. The molecule has 0 radical (unpaired) electrons. The van der Waals surface area contributed by atoms with Crippen LogP contribution in [0.5, 0.6) is 5.75 Å². The molecule has 1 unspecified atom stereocenters. The molecule has 1 atom stereocenters. The minimum atomic E-state index is -3.90. The number of halogens is 1. The van der Waals surface area contributed by atoms with Crippen LogP contribution in [-0.2, 0) is 39.1 Å². The van der Waals surface area contributed by atoms with E-state index in [9.17, 15) is 18.0 Å². The number of benzene rings is 2. The normalized spacial score (nSPS) is 17.4. The van der Waals surface area contributed by atoms with Gasteiger partial charge in [0, 0.05) is 31.1 Å². The van der Waals surface area contributed by atoms with Crippen molar-refractivity contribution < 1.29 is 27.5 Å². The molecule has 12 heteroatoms. The lowest BCUT2D eigenvalue weighted by Gasteiger charge is -2.27. The largest absolute Gasteiger partial charge is 0.497 e. The number of hydrogen-bond donors (Lipinski definition) is 1. The summed E-state index contributed by atoms with van der Waals surface area (Å²) in [5, 5.41) is 3.34. The third-order valence-corrected chi connectivity index (χ3v) is 10.3. The summed E-state index contributed by atoms with van der Waals surface area (Å²) in [7, 11) is -2.39. The van der Waals surface area contributed by atoms with Crippen molar-refractivity contribution in [2.75, 3.05) is 32.1 Å². The number of fused-ring (bicyclic) bond motifs is 1. The van der Waals surface area contributed by atoms with E-state index in [2.05, 4.69) is 22.3 Å². The van der Waals surface area contributed by atoms with Gasteiger partial charge in [-0.05, 0) is 61.6 Å². The van der Waals surface area contributed by atoms with Crippen LogP contribution in [0.2, 0.25) is 0 Å². The number of carbonyl (C=O) groups excluding carboxylic acids is 2. The zero-order chi connectivity index (χ0) is 28.3. The van der Waals surface area contributed by atoms with Crippen LogP contribution >= 0.6 is 23.7 Å². The molecule has 1 saturated heterocycles. The van der Waals surface area contributed by atoms with Crippen LogP contribution in [0.25, 0.3) is 0 Å². The minimum Gasteiger partial charge on any atom is -0.497 e. The number of sulfonamides is 1. The second kappa shape index (κ2) is 13.3. The van der Waals surface area contributed by atoms with Crippen LogP contribution in [0.15, 0.2) is 59.5 Å². The molecule has 2 aromatic carbocycles. The molecule has 0 bridgehead atoms. The number of nitrogens with zero attached hydrogens (tertiary/aromatic N) is 2. The number of hydrogen-bond acceptors (Lipinski definition) is 8. The predicted octanol–water partition coefficient (Wildman–Crippen LogP) is 4.71. The molecular weight excluding hydrogens is 586 g/mol. The standard InChI is InChI=1S/C29H33N3O6S2.ClH/c1-3-38-29(34)26-23-15-17-31(18-20-8-5-4-6-9-20)19-25(23)39-28(26)30-27(33)24-10-7-16-32(24)40(35,36)22-13-11-21(37-2)12-14-22;/h4-6,8-9,11-14,24H,3,7,10,15-19H2,1-2H3,(H,30,33);1H. The monoisotopic (exact) mass is 619 g/mol. The van der Waals surface area contributed by atoms with Gasteiger partial charge in [-0.25, -0.2) is 13.2 Å². The summed E-state index contributed by atoms with van der Waals surface area (Å²) in [6.45, 7) is 4.42. The van der Waals surface area contributed by atoms with Gasteiger partial charge >= 0.3 is 5.97 Å². The van der Waals surface area contributed by atoms with Crippen molar-refractivity contribution >= 4 is 50.6 Å². The van der Waals surface area contributed by atoms with Crippen molar-refractivity contribution in [3.63, 3.8) is 0 Å². The van der Waals surface area contributed by atoms with Crippen LogP contribution in [0.1, 0.15) is 46.1 Å². The van der Waals surface area contributed by atoms with Crippen molar-refractivity contribution in [3.8, 4) is 5.75 Å². The van der Waals surface area contributed by atoms with E-state index >= 15 is 0 Å². The topological polar surface area (TPSA) is 105 Å². The first-order valence-electron chi connectivity index (χ1n) is 13.4. The highest BCUT2D eigenvalue weighted by Gasteiger charge is 2.40. The molecule has 3 aromatic rings. The Morgan fingerprint density at radius 2 is 1.80 bits per heavy atom. The van der Waals surface area contributed by atoms with Gasteiger partial charge in [0.1, 0.15) is 16.8 Å². The van der Waals surface area contributed by atoms with Gasteiger partial charge in [0.15, 0.2) is 0 Å². The minimum absolute atomic E-state index is 0. The van der Waals surface area contributed by atoms with Gasteiger partial charge in [-0.15, -0.1) is 23.7 Å². The zero-order valence-corrected chi connectivity index (χ0v) is 25.4. The van der Waals surface area contributed by atoms with E-state index in [4.69, 9.17) is 9.47 Å². The SMILES string of the molecule is CCOC(=O)c1c(NC(=O)C2CCCN2S(=O)(=O)c2ccc(OC)cc2)sc2c1CCN(Cc1ccccc1)C2.Cl. The summed E-state index contributed by atoms with van der Waals surface area (Å²) in [5.41, 5.74) is 2.50. The number of amides is 1. The lowest BCUT2D eigenvalue weighted by atomic mass is 10.0. The van der Waals surface area contributed by atoms with E-state index in [1.165, 1.54) is 40.4 Å². The molecule has 3 heterocycles.